The van der Waals surface area contributed by atoms with E-state index in [1.807, 2.05) is 6.92 Å². The van der Waals surface area contributed by atoms with Crippen LogP contribution in [-0.2, 0) is 4.79 Å². The Balaban J connectivity index is 4.80. The van der Waals surface area contributed by atoms with E-state index in [0.717, 1.165) is 12.8 Å². The second-order valence-corrected chi connectivity index (χ2v) is 4.43. The Morgan fingerprint density at radius 1 is 1.28 bits per heavy atom. The van der Waals surface area contributed by atoms with Crippen LogP contribution in [0, 0.1) is 0 Å². The highest BCUT2D eigenvalue weighted by Gasteiger charge is 2.46. The average molecular weight is 265 g/mol. The fourth-order valence-electron chi connectivity index (χ4n) is 1.66. The lowest BCUT2D eigenvalue weighted by Crippen LogP contribution is -2.60. The highest BCUT2D eigenvalue weighted by Crippen LogP contribution is 2.23. The molecular weight excluding hydrogens is 242 g/mol. The molecule has 1 amide bonds. The molecule has 7 heteroatoms. The van der Waals surface area contributed by atoms with Gasteiger partial charge in [0.05, 0.1) is 6.61 Å². The van der Waals surface area contributed by atoms with Gasteiger partial charge in [-0.05, 0) is 12.8 Å². The number of rotatable bonds is 9. The lowest BCUT2D eigenvalue weighted by Gasteiger charge is -2.34. The van der Waals surface area contributed by atoms with Gasteiger partial charge >= 0.3 is 0 Å². The molecule has 0 aliphatic rings. The fourth-order valence-corrected chi connectivity index (χ4v) is 1.66. The molecule has 7 nitrogen and oxygen atoms in total. The van der Waals surface area contributed by atoms with Gasteiger partial charge in [0, 0.05) is 0 Å². The summed E-state index contributed by atoms with van der Waals surface area (Å²) in [6, 6.07) is 0. The van der Waals surface area contributed by atoms with Crippen LogP contribution in [0.3, 0.4) is 0 Å². The van der Waals surface area contributed by atoms with Gasteiger partial charge in [0.2, 0.25) is 0 Å². The number of unbranched alkanes of at least 4 members (excludes halogenated alkanes) is 2. The molecule has 4 unspecified atom stereocenters. The topological polar surface area (TPSA) is 144 Å². The number of primary amides is 1. The third-order valence-electron chi connectivity index (χ3n) is 2.98. The molecular formula is C11H23NO6. The number of aliphatic hydroxyl groups excluding tert-OH is 4. The Morgan fingerprint density at radius 3 is 2.22 bits per heavy atom. The largest absolute Gasteiger partial charge is 0.394 e. The Labute approximate surface area is 106 Å². The van der Waals surface area contributed by atoms with E-state index in [-0.39, 0.29) is 6.42 Å². The van der Waals surface area contributed by atoms with Gasteiger partial charge in [-0.25, -0.2) is 0 Å². The highest BCUT2D eigenvalue weighted by atomic mass is 16.4. The lowest BCUT2D eigenvalue weighted by atomic mass is 9.85. The zero-order valence-corrected chi connectivity index (χ0v) is 10.5. The minimum absolute atomic E-state index is 0.119. The van der Waals surface area contributed by atoms with Crippen LogP contribution in [0.2, 0.25) is 0 Å². The van der Waals surface area contributed by atoms with Crippen LogP contribution >= 0.6 is 0 Å². The smallest absolute Gasteiger partial charge is 0.252 e. The monoisotopic (exact) mass is 265 g/mol. The summed E-state index contributed by atoms with van der Waals surface area (Å²) < 4.78 is 0. The maximum atomic E-state index is 11.2. The number of amides is 1. The first-order chi connectivity index (χ1) is 8.31. The number of hydrogen-bond acceptors (Lipinski definition) is 6. The molecule has 0 rings (SSSR count). The van der Waals surface area contributed by atoms with Crippen molar-refractivity contribution < 1.29 is 30.3 Å². The lowest BCUT2D eigenvalue weighted by molar-refractivity contribution is -0.175. The summed E-state index contributed by atoms with van der Waals surface area (Å²) in [5, 5.41) is 47.1. The van der Waals surface area contributed by atoms with Crippen molar-refractivity contribution >= 4 is 5.91 Å². The zero-order chi connectivity index (χ0) is 14.3. The van der Waals surface area contributed by atoms with Gasteiger partial charge < -0.3 is 31.3 Å². The van der Waals surface area contributed by atoms with E-state index in [1.54, 1.807) is 0 Å². The SMILES string of the molecule is CCCCCC(O)(C(N)=O)C(O)C(O)C(O)CO. The van der Waals surface area contributed by atoms with Crippen LogP contribution in [0.25, 0.3) is 0 Å². The first-order valence-electron chi connectivity index (χ1n) is 5.98. The Bertz CT molecular complexity index is 262. The quantitative estimate of drug-likeness (QED) is 0.262. The third-order valence-corrected chi connectivity index (χ3v) is 2.98. The molecule has 0 aromatic heterocycles. The van der Waals surface area contributed by atoms with Gasteiger partial charge in [0.15, 0.2) is 5.60 Å². The number of hydrogen-bond donors (Lipinski definition) is 6. The molecule has 0 aliphatic carbocycles. The van der Waals surface area contributed by atoms with Crippen LogP contribution in [-0.4, -0.2) is 62.0 Å². The first kappa shape index (κ1) is 17.3. The summed E-state index contributed by atoms with van der Waals surface area (Å²) in [5.74, 6) is -1.17. The van der Waals surface area contributed by atoms with Crippen LogP contribution in [0.1, 0.15) is 32.6 Å². The Kier molecular flexibility index (Phi) is 7.34. The summed E-state index contributed by atoms with van der Waals surface area (Å²) >= 11 is 0. The molecule has 0 aromatic carbocycles. The van der Waals surface area contributed by atoms with E-state index in [0.29, 0.717) is 6.42 Å². The van der Waals surface area contributed by atoms with Gasteiger partial charge in [-0.15, -0.1) is 0 Å². The molecule has 0 radical (unpaired) electrons. The normalized spacial score (nSPS) is 19.9. The van der Waals surface area contributed by atoms with E-state index < -0.39 is 36.4 Å². The average Bonchev–Trinajstić information content (AvgIpc) is 2.35. The van der Waals surface area contributed by atoms with Crippen molar-refractivity contribution in [2.24, 2.45) is 5.73 Å². The van der Waals surface area contributed by atoms with Gasteiger partial charge in [-0.3, -0.25) is 4.79 Å². The molecule has 0 spiro atoms. The van der Waals surface area contributed by atoms with Crippen molar-refractivity contribution in [2.75, 3.05) is 6.61 Å². The summed E-state index contributed by atoms with van der Waals surface area (Å²) in [7, 11) is 0. The second-order valence-electron chi connectivity index (χ2n) is 4.43. The van der Waals surface area contributed by atoms with Crippen molar-refractivity contribution in [1.82, 2.24) is 0 Å². The minimum Gasteiger partial charge on any atom is -0.394 e. The molecule has 18 heavy (non-hydrogen) atoms. The summed E-state index contributed by atoms with van der Waals surface area (Å²) in [4.78, 5) is 11.2. The van der Waals surface area contributed by atoms with E-state index in [1.165, 1.54) is 0 Å². The number of carbonyl (C=O) groups excluding carboxylic acids is 1. The van der Waals surface area contributed by atoms with Crippen molar-refractivity contribution in [1.29, 1.82) is 0 Å². The molecule has 0 aromatic rings. The number of aliphatic hydroxyl groups is 5. The Hall–Kier alpha value is -0.730. The van der Waals surface area contributed by atoms with Gasteiger partial charge in [0.25, 0.3) is 5.91 Å². The molecule has 0 aliphatic heterocycles. The standard InChI is InChI=1S/C11H23NO6/c1-2-3-4-5-11(18,10(12)17)9(16)8(15)7(14)6-13/h7-9,13-16,18H,2-6H2,1H3,(H2,12,17). The van der Waals surface area contributed by atoms with Crippen molar-refractivity contribution in [3.63, 3.8) is 0 Å². The highest BCUT2D eigenvalue weighted by molar-refractivity contribution is 5.84. The third kappa shape index (κ3) is 4.18. The van der Waals surface area contributed by atoms with E-state index in [9.17, 15) is 25.2 Å². The molecule has 7 N–H and O–H groups in total. The van der Waals surface area contributed by atoms with Crippen LogP contribution in [0.15, 0.2) is 0 Å². The molecule has 4 atom stereocenters. The number of carbonyl (C=O) groups is 1. The maximum Gasteiger partial charge on any atom is 0.252 e. The predicted molar refractivity (Wildman–Crippen MR) is 63.4 cm³/mol. The maximum absolute atomic E-state index is 11.2. The van der Waals surface area contributed by atoms with Crippen LogP contribution in [0.4, 0.5) is 0 Å². The van der Waals surface area contributed by atoms with E-state index in [2.05, 4.69) is 0 Å². The number of nitrogens with two attached hydrogens (primary N) is 1. The van der Waals surface area contributed by atoms with E-state index >= 15 is 0 Å². The summed E-state index contributed by atoms with van der Waals surface area (Å²) in [5.41, 5.74) is 2.71. The minimum atomic E-state index is -2.31. The van der Waals surface area contributed by atoms with Crippen LogP contribution in [0.5, 0.6) is 0 Å². The fraction of sp³-hybridized carbons (Fsp3) is 0.909. The Morgan fingerprint density at radius 2 is 1.83 bits per heavy atom. The molecule has 108 valence electrons. The van der Waals surface area contributed by atoms with Gasteiger partial charge in [-0.1, -0.05) is 19.8 Å². The zero-order valence-electron chi connectivity index (χ0n) is 10.5. The van der Waals surface area contributed by atoms with Crippen LogP contribution < -0.4 is 5.73 Å². The van der Waals surface area contributed by atoms with Crippen molar-refractivity contribution in [3.05, 3.63) is 0 Å². The van der Waals surface area contributed by atoms with Gasteiger partial charge in [-0.2, -0.15) is 0 Å². The molecule has 0 fully saturated rings. The van der Waals surface area contributed by atoms with Gasteiger partial charge in [0.1, 0.15) is 18.3 Å². The van der Waals surface area contributed by atoms with E-state index in [4.69, 9.17) is 10.8 Å². The first-order valence-corrected chi connectivity index (χ1v) is 5.98. The summed E-state index contributed by atoms with van der Waals surface area (Å²) in [6.07, 6.45) is -3.57. The molecule has 0 saturated heterocycles. The van der Waals surface area contributed by atoms with Crippen molar-refractivity contribution in [2.45, 2.75) is 56.5 Å². The molecule has 0 bridgehead atoms. The molecule has 0 heterocycles. The predicted octanol–water partition coefficient (Wildman–Crippen LogP) is -2.14. The van der Waals surface area contributed by atoms with Crippen molar-refractivity contribution in [3.8, 4) is 0 Å². The second kappa shape index (κ2) is 7.65. The summed E-state index contributed by atoms with van der Waals surface area (Å²) in [6.45, 7) is 1.12. The molecule has 0 saturated carbocycles.